The Morgan fingerprint density at radius 2 is 2.16 bits per heavy atom. The van der Waals surface area contributed by atoms with Gasteiger partial charge >= 0.3 is 0 Å². The first-order valence-corrected chi connectivity index (χ1v) is 6.22. The maximum atomic E-state index is 11.6. The van der Waals surface area contributed by atoms with E-state index < -0.39 is 6.04 Å². The molecule has 0 aliphatic carbocycles. The molecule has 0 saturated carbocycles. The third-order valence-corrected chi connectivity index (χ3v) is 2.97. The number of hydrogen-bond acceptors (Lipinski definition) is 4. The lowest BCUT2D eigenvalue weighted by molar-refractivity contribution is -0.129. The van der Waals surface area contributed by atoms with Gasteiger partial charge in [0, 0.05) is 0 Å². The SMILES string of the molecule is CC1OCC(=O)C1NC(=O)COCc1ccccc1. The van der Waals surface area contributed by atoms with Gasteiger partial charge < -0.3 is 14.8 Å². The van der Waals surface area contributed by atoms with Gasteiger partial charge in [0.05, 0.1) is 12.7 Å². The second-order valence-corrected chi connectivity index (χ2v) is 4.51. The molecule has 1 saturated heterocycles. The third kappa shape index (κ3) is 3.87. The van der Waals surface area contributed by atoms with Crippen LogP contribution in [0.4, 0.5) is 0 Å². The Morgan fingerprint density at radius 1 is 1.42 bits per heavy atom. The molecule has 2 rings (SSSR count). The highest BCUT2D eigenvalue weighted by atomic mass is 16.5. The summed E-state index contributed by atoms with van der Waals surface area (Å²) in [5.74, 6) is -0.393. The third-order valence-electron chi connectivity index (χ3n) is 2.97. The number of carbonyl (C=O) groups is 2. The highest BCUT2D eigenvalue weighted by molar-refractivity contribution is 5.92. The number of rotatable bonds is 5. The van der Waals surface area contributed by atoms with Crippen molar-refractivity contribution >= 4 is 11.7 Å². The first kappa shape index (κ1) is 13.7. The van der Waals surface area contributed by atoms with Crippen LogP contribution >= 0.6 is 0 Å². The predicted octanol–water partition coefficient (Wildman–Crippen LogP) is 0.676. The highest BCUT2D eigenvalue weighted by Crippen LogP contribution is 2.09. The van der Waals surface area contributed by atoms with Crippen molar-refractivity contribution in [3.63, 3.8) is 0 Å². The van der Waals surface area contributed by atoms with Crippen molar-refractivity contribution in [2.75, 3.05) is 13.2 Å². The normalized spacial score (nSPS) is 22.5. The van der Waals surface area contributed by atoms with Crippen molar-refractivity contribution in [3.8, 4) is 0 Å². The van der Waals surface area contributed by atoms with Gasteiger partial charge in [-0.05, 0) is 12.5 Å². The molecule has 1 fully saturated rings. The molecule has 102 valence electrons. The lowest BCUT2D eigenvalue weighted by atomic mass is 10.1. The molecule has 0 bridgehead atoms. The molecule has 1 aliphatic rings. The summed E-state index contributed by atoms with van der Waals surface area (Å²) in [7, 11) is 0. The van der Waals surface area contributed by atoms with Crippen LogP contribution < -0.4 is 5.32 Å². The Morgan fingerprint density at radius 3 is 2.79 bits per heavy atom. The monoisotopic (exact) mass is 263 g/mol. The van der Waals surface area contributed by atoms with Crippen LogP contribution in [-0.4, -0.2) is 37.0 Å². The Labute approximate surface area is 111 Å². The fourth-order valence-corrected chi connectivity index (χ4v) is 1.91. The first-order valence-electron chi connectivity index (χ1n) is 6.22. The molecule has 0 aromatic heterocycles. The molecule has 2 atom stereocenters. The largest absolute Gasteiger partial charge is 0.368 e. The number of nitrogens with one attached hydrogen (secondary N) is 1. The molecule has 0 spiro atoms. The van der Waals surface area contributed by atoms with E-state index in [2.05, 4.69) is 5.32 Å². The van der Waals surface area contributed by atoms with Crippen molar-refractivity contribution in [1.82, 2.24) is 5.32 Å². The zero-order valence-electron chi connectivity index (χ0n) is 10.8. The average molecular weight is 263 g/mol. The molecule has 5 heteroatoms. The number of carbonyl (C=O) groups excluding carboxylic acids is 2. The molecule has 1 heterocycles. The lowest BCUT2D eigenvalue weighted by Crippen LogP contribution is -2.45. The van der Waals surface area contributed by atoms with E-state index in [4.69, 9.17) is 9.47 Å². The van der Waals surface area contributed by atoms with Crippen molar-refractivity contribution in [2.24, 2.45) is 0 Å². The van der Waals surface area contributed by atoms with Gasteiger partial charge in [-0.2, -0.15) is 0 Å². The maximum Gasteiger partial charge on any atom is 0.246 e. The number of ether oxygens (including phenoxy) is 2. The molecule has 1 aromatic carbocycles. The zero-order valence-corrected chi connectivity index (χ0v) is 10.8. The zero-order chi connectivity index (χ0) is 13.7. The van der Waals surface area contributed by atoms with E-state index in [0.717, 1.165) is 5.56 Å². The molecule has 0 radical (unpaired) electrons. The molecule has 19 heavy (non-hydrogen) atoms. The summed E-state index contributed by atoms with van der Waals surface area (Å²) in [4.78, 5) is 23.1. The summed E-state index contributed by atoms with van der Waals surface area (Å²) in [5.41, 5.74) is 1.00. The number of amides is 1. The fourth-order valence-electron chi connectivity index (χ4n) is 1.91. The van der Waals surface area contributed by atoms with E-state index in [9.17, 15) is 9.59 Å². The minimum atomic E-state index is -0.548. The average Bonchev–Trinajstić information content (AvgIpc) is 2.72. The molecule has 5 nitrogen and oxygen atoms in total. The minimum absolute atomic E-state index is 0.0641. The number of benzene rings is 1. The molecule has 1 aliphatic heterocycles. The molecular weight excluding hydrogens is 246 g/mol. The summed E-state index contributed by atoms with van der Waals surface area (Å²) in [5, 5.41) is 2.63. The Balaban J connectivity index is 1.72. The Hall–Kier alpha value is -1.72. The van der Waals surface area contributed by atoms with E-state index in [1.807, 2.05) is 30.3 Å². The second-order valence-electron chi connectivity index (χ2n) is 4.51. The van der Waals surface area contributed by atoms with Gasteiger partial charge in [-0.3, -0.25) is 9.59 Å². The van der Waals surface area contributed by atoms with Gasteiger partial charge in [-0.15, -0.1) is 0 Å². The molecular formula is C14H17NO4. The second kappa shape index (κ2) is 6.45. The van der Waals surface area contributed by atoms with Gasteiger partial charge in [0.15, 0.2) is 5.78 Å². The molecule has 1 amide bonds. The summed E-state index contributed by atoms with van der Waals surface area (Å²) < 4.78 is 10.4. The smallest absolute Gasteiger partial charge is 0.246 e. The molecule has 1 aromatic rings. The number of Topliss-reactive ketones (excluding diaryl/α,β-unsaturated/α-hetero) is 1. The van der Waals surface area contributed by atoms with Gasteiger partial charge in [-0.1, -0.05) is 30.3 Å². The van der Waals surface area contributed by atoms with E-state index in [1.54, 1.807) is 6.92 Å². The fraction of sp³-hybridized carbons (Fsp3) is 0.429. The van der Waals surface area contributed by atoms with E-state index in [1.165, 1.54) is 0 Å². The van der Waals surface area contributed by atoms with Gasteiger partial charge in [-0.25, -0.2) is 0 Å². The first-order chi connectivity index (χ1) is 9.16. The summed E-state index contributed by atoms with van der Waals surface area (Å²) in [6.07, 6.45) is -0.273. The van der Waals surface area contributed by atoms with Crippen LogP contribution in [0.2, 0.25) is 0 Å². The number of ketones is 1. The van der Waals surface area contributed by atoms with Crippen molar-refractivity contribution in [2.45, 2.75) is 25.7 Å². The Bertz CT molecular complexity index is 446. The summed E-state index contributed by atoms with van der Waals surface area (Å²) in [6.45, 7) is 2.14. The maximum absolute atomic E-state index is 11.6. The van der Waals surface area contributed by atoms with Gasteiger partial charge in [0.2, 0.25) is 5.91 Å². The van der Waals surface area contributed by atoms with Crippen LogP contribution in [0.1, 0.15) is 12.5 Å². The van der Waals surface area contributed by atoms with Gasteiger partial charge in [0.1, 0.15) is 19.3 Å². The minimum Gasteiger partial charge on any atom is -0.368 e. The van der Waals surface area contributed by atoms with Crippen LogP contribution in [0.25, 0.3) is 0 Å². The van der Waals surface area contributed by atoms with Crippen molar-refractivity contribution in [3.05, 3.63) is 35.9 Å². The summed E-state index contributed by atoms with van der Waals surface area (Å²) in [6, 6.07) is 9.04. The highest BCUT2D eigenvalue weighted by Gasteiger charge is 2.33. The lowest BCUT2D eigenvalue weighted by Gasteiger charge is -2.14. The van der Waals surface area contributed by atoms with Gasteiger partial charge in [0.25, 0.3) is 0 Å². The quantitative estimate of drug-likeness (QED) is 0.848. The summed E-state index contributed by atoms with van der Waals surface area (Å²) >= 11 is 0. The van der Waals surface area contributed by atoms with Crippen LogP contribution in [0.15, 0.2) is 30.3 Å². The van der Waals surface area contributed by atoms with Crippen LogP contribution in [0.5, 0.6) is 0 Å². The van der Waals surface area contributed by atoms with Crippen LogP contribution in [-0.2, 0) is 25.7 Å². The standard InChI is InChI=1S/C14H17NO4/c1-10-14(12(16)8-19-10)15-13(17)9-18-7-11-5-3-2-4-6-11/h2-6,10,14H,7-9H2,1H3,(H,15,17). The van der Waals surface area contributed by atoms with Crippen LogP contribution in [0.3, 0.4) is 0 Å². The molecule has 1 N–H and O–H groups in total. The predicted molar refractivity (Wildman–Crippen MR) is 68.4 cm³/mol. The topological polar surface area (TPSA) is 64.6 Å². The van der Waals surface area contributed by atoms with Crippen LogP contribution in [0, 0.1) is 0 Å². The van der Waals surface area contributed by atoms with E-state index >= 15 is 0 Å². The van der Waals surface area contributed by atoms with Crippen molar-refractivity contribution < 1.29 is 19.1 Å². The van der Waals surface area contributed by atoms with E-state index in [-0.39, 0.29) is 31.0 Å². The van der Waals surface area contributed by atoms with Crippen molar-refractivity contribution in [1.29, 1.82) is 0 Å². The number of hydrogen-bond donors (Lipinski definition) is 1. The Kier molecular flexibility index (Phi) is 4.65. The molecule has 2 unspecified atom stereocenters. The van der Waals surface area contributed by atoms with E-state index in [0.29, 0.717) is 6.61 Å².